The quantitative estimate of drug-likeness (QED) is 0.269. The van der Waals surface area contributed by atoms with Crippen LogP contribution in [0.3, 0.4) is 0 Å². The van der Waals surface area contributed by atoms with E-state index in [1.807, 2.05) is 12.1 Å². The zero-order chi connectivity index (χ0) is 32.2. The van der Waals surface area contributed by atoms with Crippen LogP contribution < -0.4 is 9.64 Å². The predicted molar refractivity (Wildman–Crippen MR) is 154 cm³/mol. The molecule has 44 heavy (non-hydrogen) atoms. The number of halogens is 4. The fourth-order valence-electron chi connectivity index (χ4n) is 4.78. The number of ketones is 1. The van der Waals surface area contributed by atoms with Gasteiger partial charge in [0, 0.05) is 30.8 Å². The molecule has 16 heteroatoms. The van der Waals surface area contributed by atoms with Gasteiger partial charge >= 0.3 is 12.1 Å². The number of fused-ring (bicyclic) bond motifs is 1. The average molecular weight is 659 g/mol. The van der Waals surface area contributed by atoms with Gasteiger partial charge < -0.3 is 14.7 Å². The molecule has 1 fully saturated rings. The third kappa shape index (κ3) is 8.09. The van der Waals surface area contributed by atoms with Gasteiger partial charge in [-0.3, -0.25) is 9.69 Å². The number of Topliss-reactive ketones (excluding diaryl/α,β-unsaturated/α-hetero) is 1. The van der Waals surface area contributed by atoms with Crippen molar-refractivity contribution in [2.24, 2.45) is 0 Å². The number of hydrogen-bond acceptors (Lipinski definition) is 10. The number of aliphatic carboxylic acids is 1. The first-order chi connectivity index (χ1) is 20.7. The summed E-state index contributed by atoms with van der Waals surface area (Å²) in [4.78, 5) is 36.1. The molecule has 2 aromatic heterocycles. The Morgan fingerprint density at radius 1 is 1.11 bits per heavy atom. The molecule has 2 aliphatic rings. The normalized spacial score (nSPS) is 15.8. The average Bonchev–Trinajstić information content (AvgIpc) is 3.62. The first kappa shape index (κ1) is 33.3. The van der Waals surface area contributed by atoms with E-state index in [9.17, 15) is 30.8 Å². The number of carboxylic acid groups (broad SMARTS) is 1. The van der Waals surface area contributed by atoms with Crippen LogP contribution in [0, 0.1) is 5.82 Å². The minimum Gasteiger partial charge on any atom is -0.475 e. The van der Waals surface area contributed by atoms with Crippen molar-refractivity contribution in [3.63, 3.8) is 0 Å². The molecule has 0 aliphatic carbocycles. The summed E-state index contributed by atoms with van der Waals surface area (Å²) in [5.74, 6) is -2.14. The van der Waals surface area contributed by atoms with Crippen LogP contribution in [0.15, 0.2) is 41.6 Å². The number of carbonyl (C=O) groups is 2. The smallest absolute Gasteiger partial charge is 0.475 e. The van der Waals surface area contributed by atoms with Crippen molar-refractivity contribution in [1.82, 2.24) is 14.9 Å². The molecule has 4 heterocycles. The molecule has 0 amide bonds. The molecule has 1 aromatic carbocycles. The van der Waals surface area contributed by atoms with E-state index in [1.54, 1.807) is 16.2 Å². The van der Waals surface area contributed by atoms with Gasteiger partial charge in [0.2, 0.25) is 5.88 Å². The van der Waals surface area contributed by atoms with Crippen molar-refractivity contribution in [3.05, 3.63) is 57.8 Å². The molecule has 0 radical (unpaired) electrons. The monoisotopic (exact) mass is 658 g/mol. The van der Waals surface area contributed by atoms with Gasteiger partial charge in [0.05, 0.1) is 27.6 Å². The summed E-state index contributed by atoms with van der Waals surface area (Å²) in [5, 5.41) is 7.12. The first-order valence-electron chi connectivity index (χ1n) is 13.6. The fourth-order valence-corrected chi connectivity index (χ4v) is 6.29. The fraction of sp³-hybridized carbons (Fsp3) is 0.429. The van der Waals surface area contributed by atoms with Gasteiger partial charge in [-0.25, -0.2) is 27.6 Å². The number of piperidine rings is 1. The van der Waals surface area contributed by atoms with Crippen LogP contribution in [-0.4, -0.2) is 84.9 Å². The second-order valence-electron chi connectivity index (χ2n) is 10.2. The highest BCUT2D eigenvalue weighted by Gasteiger charge is 2.38. The number of rotatable bonds is 8. The maximum atomic E-state index is 14.8. The van der Waals surface area contributed by atoms with E-state index in [4.69, 9.17) is 14.6 Å². The number of nitrogens with zero attached hydrogens (tertiary/aromatic N) is 4. The maximum absolute atomic E-state index is 14.8. The highest BCUT2D eigenvalue weighted by Crippen LogP contribution is 2.38. The van der Waals surface area contributed by atoms with Crippen molar-refractivity contribution in [2.45, 2.75) is 49.8 Å². The van der Waals surface area contributed by atoms with Crippen LogP contribution in [-0.2, 0) is 27.5 Å². The minimum absolute atomic E-state index is 0.0291. The third-order valence-corrected chi connectivity index (χ3v) is 9.45. The van der Waals surface area contributed by atoms with Crippen LogP contribution in [0.4, 0.5) is 29.1 Å². The molecular weight excluding hydrogens is 628 g/mol. The van der Waals surface area contributed by atoms with Crippen molar-refractivity contribution >= 4 is 44.4 Å². The number of sulfone groups is 1. The van der Waals surface area contributed by atoms with Gasteiger partial charge in [0.15, 0.2) is 15.6 Å². The molecule has 0 bridgehead atoms. The Morgan fingerprint density at radius 2 is 1.80 bits per heavy atom. The molecule has 1 saturated heterocycles. The van der Waals surface area contributed by atoms with Gasteiger partial charge in [-0.15, -0.1) is 11.3 Å². The van der Waals surface area contributed by atoms with Gasteiger partial charge in [0.25, 0.3) is 0 Å². The Kier molecular flexibility index (Phi) is 10.3. The van der Waals surface area contributed by atoms with Crippen LogP contribution in [0.5, 0.6) is 5.88 Å². The van der Waals surface area contributed by atoms with E-state index in [-0.39, 0.29) is 22.5 Å². The molecule has 0 spiro atoms. The number of aromatic nitrogens is 2. The Labute approximate surface area is 255 Å². The molecule has 0 saturated carbocycles. The van der Waals surface area contributed by atoms with Crippen molar-refractivity contribution in [2.75, 3.05) is 37.3 Å². The molecule has 0 atom stereocenters. The Balaban J connectivity index is 0.000000566. The number of anilines is 2. The number of aryl methyl sites for hydroxylation is 1. The highest BCUT2D eigenvalue weighted by atomic mass is 32.2. The lowest BCUT2D eigenvalue weighted by atomic mass is 10.1. The van der Waals surface area contributed by atoms with Crippen LogP contribution in [0.1, 0.15) is 39.9 Å². The molecule has 3 aromatic rings. The molecule has 0 unspecified atom stereocenters. The van der Waals surface area contributed by atoms with E-state index in [1.165, 1.54) is 23.3 Å². The summed E-state index contributed by atoms with van der Waals surface area (Å²) >= 11 is 1.57. The molecule has 1 N–H and O–H groups in total. The van der Waals surface area contributed by atoms with Gasteiger partial charge in [-0.1, -0.05) is 6.92 Å². The number of carboxylic acids is 1. The minimum atomic E-state index is -5.08. The second-order valence-corrected chi connectivity index (χ2v) is 13.4. The van der Waals surface area contributed by atoms with Crippen molar-refractivity contribution in [1.29, 1.82) is 0 Å². The number of alkyl halides is 3. The van der Waals surface area contributed by atoms with Crippen LogP contribution in [0.2, 0.25) is 0 Å². The van der Waals surface area contributed by atoms with E-state index >= 15 is 0 Å². The second kappa shape index (κ2) is 13.6. The van der Waals surface area contributed by atoms with Gasteiger partial charge in [-0.2, -0.15) is 13.2 Å². The van der Waals surface area contributed by atoms with E-state index in [0.29, 0.717) is 31.2 Å². The number of carbonyl (C=O) groups excluding carboxylic acids is 1. The molecule has 5 rings (SSSR count). The van der Waals surface area contributed by atoms with E-state index in [0.717, 1.165) is 55.1 Å². The summed E-state index contributed by atoms with van der Waals surface area (Å²) in [6.45, 7) is 4.52. The predicted octanol–water partition coefficient (Wildman–Crippen LogP) is 4.70. The summed E-state index contributed by atoms with van der Waals surface area (Å²) < 4.78 is 76.4. The van der Waals surface area contributed by atoms with Crippen molar-refractivity contribution in [3.8, 4) is 5.88 Å². The summed E-state index contributed by atoms with van der Waals surface area (Å²) in [7, 11) is -3.50. The topological polar surface area (TPSA) is 130 Å². The zero-order valence-electron chi connectivity index (χ0n) is 23.8. The number of likely N-dealkylation sites (tertiary alicyclic amines) is 1. The largest absolute Gasteiger partial charge is 0.490 e. The number of hydrogen-bond donors (Lipinski definition) is 1. The molecule has 2 aliphatic heterocycles. The highest BCUT2D eigenvalue weighted by molar-refractivity contribution is 7.90. The maximum Gasteiger partial charge on any atom is 0.490 e. The number of thiophene rings is 1. The van der Waals surface area contributed by atoms with Gasteiger partial charge in [0.1, 0.15) is 24.1 Å². The number of ether oxygens (including phenoxy) is 1. The number of benzene rings is 1. The zero-order valence-corrected chi connectivity index (χ0v) is 25.4. The molecule has 10 nitrogen and oxygen atoms in total. The third-order valence-electron chi connectivity index (χ3n) is 7.07. The van der Waals surface area contributed by atoms with Gasteiger partial charge in [-0.05, 0) is 56.0 Å². The molecular formula is C28H30F4N4O6S2. The first-order valence-corrected chi connectivity index (χ1v) is 16.3. The summed E-state index contributed by atoms with van der Waals surface area (Å²) in [6.07, 6.45) is 0.442. The standard InChI is InChI=1S/C26H29FN4O4S2.C2HF3O2/c1-3-18-4-7-24(36-18)23(32)15-30-11-8-17(9-12-30)35-26-20-10-13-31(25(20)28-16-29-26)22-6-5-19(14-21(22)27)37(2,33)34;3-2(4,5)1(6)7/h4-7,14,16-17H,3,8-13,15H2,1-2H3;(H,6,7). The Morgan fingerprint density at radius 3 is 2.36 bits per heavy atom. The lowest BCUT2D eigenvalue weighted by Gasteiger charge is -2.31. The summed E-state index contributed by atoms with van der Waals surface area (Å²) in [5.41, 5.74) is 1.08. The van der Waals surface area contributed by atoms with E-state index in [2.05, 4.69) is 21.8 Å². The lowest BCUT2D eigenvalue weighted by Crippen LogP contribution is -2.40. The Hall–Kier alpha value is -3.63. The summed E-state index contributed by atoms with van der Waals surface area (Å²) in [6, 6.07) is 7.87. The Bertz CT molecular complexity index is 1620. The van der Waals surface area contributed by atoms with Crippen LogP contribution in [0.25, 0.3) is 0 Å². The van der Waals surface area contributed by atoms with E-state index < -0.39 is 27.8 Å². The van der Waals surface area contributed by atoms with Crippen LogP contribution >= 0.6 is 11.3 Å². The van der Waals surface area contributed by atoms with Crippen molar-refractivity contribution < 1.29 is 45.4 Å². The molecule has 238 valence electrons. The lowest BCUT2D eigenvalue weighted by molar-refractivity contribution is -0.192. The SMILES string of the molecule is CCc1ccc(C(=O)CN2CCC(Oc3ncnc4c3CCN4c3ccc(S(C)(=O)=O)cc3F)CC2)s1.O=C(O)C(F)(F)F.